The fraction of sp³-hybridized carbons (Fsp3) is 0.333. The molecule has 5 heteroatoms. The summed E-state index contributed by atoms with van der Waals surface area (Å²) in [6.45, 7) is 4.07. The number of furan rings is 1. The zero-order valence-corrected chi connectivity index (χ0v) is 11.6. The van der Waals surface area contributed by atoms with Crippen molar-refractivity contribution in [3.05, 3.63) is 53.7 Å². The van der Waals surface area contributed by atoms with Crippen LogP contribution in [0.1, 0.15) is 28.1 Å². The third-order valence-corrected chi connectivity index (χ3v) is 2.97. The van der Waals surface area contributed by atoms with Crippen molar-refractivity contribution in [1.82, 2.24) is 15.6 Å². The van der Waals surface area contributed by atoms with Crippen LogP contribution in [-0.2, 0) is 6.54 Å². The Balaban J connectivity index is 1.58. The summed E-state index contributed by atoms with van der Waals surface area (Å²) in [5.41, 5.74) is 1.76. The molecular formula is C15H19N3O2. The highest BCUT2D eigenvalue weighted by Gasteiger charge is 2.09. The Morgan fingerprint density at radius 1 is 1.35 bits per heavy atom. The van der Waals surface area contributed by atoms with Gasteiger partial charge in [-0.05, 0) is 37.6 Å². The smallest absolute Gasteiger partial charge is 0.254 e. The minimum atomic E-state index is -0.0801. The van der Waals surface area contributed by atoms with Gasteiger partial charge in [-0.15, -0.1) is 0 Å². The first-order valence-electron chi connectivity index (χ1n) is 6.69. The number of nitrogens with one attached hydrogen (secondary N) is 2. The molecule has 5 nitrogen and oxygen atoms in total. The second-order valence-corrected chi connectivity index (χ2v) is 4.54. The Bertz CT molecular complexity index is 537. The van der Waals surface area contributed by atoms with Gasteiger partial charge in [0.15, 0.2) is 0 Å². The lowest BCUT2D eigenvalue weighted by Crippen LogP contribution is -2.27. The summed E-state index contributed by atoms with van der Waals surface area (Å²) in [6, 6.07) is 5.64. The van der Waals surface area contributed by atoms with E-state index in [9.17, 15) is 4.79 Å². The first-order chi connectivity index (χ1) is 9.77. The molecule has 0 atom stereocenters. The van der Waals surface area contributed by atoms with E-state index in [4.69, 9.17) is 4.42 Å². The van der Waals surface area contributed by atoms with Gasteiger partial charge >= 0.3 is 0 Å². The molecule has 0 aromatic carbocycles. The van der Waals surface area contributed by atoms with E-state index in [1.54, 1.807) is 19.2 Å². The number of carbonyl (C=O) groups is 1. The Morgan fingerprint density at radius 3 is 2.95 bits per heavy atom. The molecule has 2 aromatic rings. The molecule has 0 unspecified atom stereocenters. The Hall–Kier alpha value is -2.14. The molecule has 0 aliphatic rings. The maximum atomic E-state index is 11.8. The number of carbonyl (C=O) groups excluding carboxylic acids is 1. The fourth-order valence-corrected chi connectivity index (χ4v) is 1.87. The lowest BCUT2D eigenvalue weighted by Gasteiger charge is -2.06. The predicted octanol–water partition coefficient (Wildman–Crippen LogP) is 1.89. The van der Waals surface area contributed by atoms with Crippen LogP contribution in [0.15, 0.2) is 41.3 Å². The van der Waals surface area contributed by atoms with Gasteiger partial charge < -0.3 is 15.1 Å². The van der Waals surface area contributed by atoms with Crippen LogP contribution >= 0.6 is 0 Å². The number of aromatic nitrogens is 1. The van der Waals surface area contributed by atoms with Gasteiger partial charge in [0.2, 0.25) is 0 Å². The molecule has 0 bridgehead atoms. The van der Waals surface area contributed by atoms with E-state index < -0.39 is 0 Å². The molecule has 0 aliphatic heterocycles. The highest BCUT2D eigenvalue weighted by molar-refractivity contribution is 5.94. The first-order valence-corrected chi connectivity index (χ1v) is 6.69. The summed E-state index contributed by atoms with van der Waals surface area (Å²) in [7, 11) is 0. The number of pyridine rings is 1. The number of hydrogen-bond donors (Lipinski definition) is 2. The Morgan fingerprint density at radius 2 is 2.25 bits per heavy atom. The molecule has 0 fully saturated rings. The van der Waals surface area contributed by atoms with Crippen LogP contribution in [-0.4, -0.2) is 24.0 Å². The van der Waals surface area contributed by atoms with Crippen LogP contribution in [0.5, 0.6) is 0 Å². The normalized spacial score (nSPS) is 10.4. The largest absolute Gasteiger partial charge is 0.469 e. The number of aryl methyl sites for hydroxylation is 1. The fourth-order valence-electron chi connectivity index (χ4n) is 1.87. The van der Waals surface area contributed by atoms with Crippen molar-refractivity contribution in [3.8, 4) is 0 Å². The second kappa shape index (κ2) is 7.45. The van der Waals surface area contributed by atoms with E-state index in [-0.39, 0.29) is 5.91 Å². The minimum Gasteiger partial charge on any atom is -0.469 e. The minimum absolute atomic E-state index is 0.0801. The van der Waals surface area contributed by atoms with Gasteiger partial charge in [0.05, 0.1) is 11.8 Å². The summed E-state index contributed by atoms with van der Waals surface area (Å²) in [5, 5.41) is 6.19. The number of hydrogen-bond acceptors (Lipinski definition) is 4. The molecule has 2 rings (SSSR count). The van der Waals surface area contributed by atoms with Gasteiger partial charge in [0, 0.05) is 25.5 Å². The van der Waals surface area contributed by atoms with Crippen molar-refractivity contribution in [1.29, 1.82) is 0 Å². The summed E-state index contributed by atoms with van der Waals surface area (Å²) in [5.74, 6) is 0.570. The lowest BCUT2D eigenvalue weighted by atomic mass is 10.2. The quantitative estimate of drug-likeness (QED) is 0.756. The molecule has 2 N–H and O–H groups in total. The molecule has 0 spiro atoms. The number of amides is 1. The molecule has 2 aromatic heterocycles. The summed E-state index contributed by atoms with van der Waals surface area (Å²) < 4.78 is 5.10. The van der Waals surface area contributed by atoms with E-state index in [0.717, 1.165) is 25.1 Å². The zero-order valence-electron chi connectivity index (χ0n) is 11.6. The second-order valence-electron chi connectivity index (χ2n) is 4.54. The van der Waals surface area contributed by atoms with Gasteiger partial charge in [-0.25, -0.2) is 0 Å². The van der Waals surface area contributed by atoms with Gasteiger partial charge in [-0.2, -0.15) is 0 Å². The number of nitrogens with zero attached hydrogens (tertiary/aromatic N) is 1. The molecule has 106 valence electrons. The van der Waals surface area contributed by atoms with E-state index in [0.29, 0.717) is 17.9 Å². The zero-order chi connectivity index (χ0) is 14.2. The monoisotopic (exact) mass is 273 g/mol. The van der Waals surface area contributed by atoms with Crippen LogP contribution in [0.3, 0.4) is 0 Å². The maximum absolute atomic E-state index is 11.8. The van der Waals surface area contributed by atoms with Crippen LogP contribution in [0.25, 0.3) is 0 Å². The first kappa shape index (κ1) is 14.3. The average Bonchev–Trinajstić information content (AvgIpc) is 2.90. The topological polar surface area (TPSA) is 67.2 Å². The molecular weight excluding hydrogens is 254 g/mol. The Labute approximate surface area is 118 Å². The lowest BCUT2D eigenvalue weighted by molar-refractivity contribution is 0.0951. The maximum Gasteiger partial charge on any atom is 0.254 e. The molecule has 1 amide bonds. The van der Waals surface area contributed by atoms with Crippen LogP contribution < -0.4 is 10.6 Å². The van der Waals surface area contributed by atoms with Crippen LogP contribution in [0.2, 0.25) is 0 Å². The van der Waals surface area contributed by atoms with Crippen LogP contribution in [0, 0.1) is 6.92 Å². The van der Waals surface area contributed by atoms with Crippen molar-refractivity contribution in [2.45, 2.75) is 19.9 Å². The van der Waals surface area contributed by atoms with Gasteiger partial charge in [0.1, 0.15) is 5.76 Å². The Kier molecular flexibility index (Phi) is 5.32. The van der Waals surface area contributed by atoms with Crippen molar-refractivity contribution in [2.24, 2.45) is 0 Å². The average molecular weight is 273 g/mol. The standard InChI is InChI=1S/C15H19N3O2/c1-12-14(5-9-20-12)15(19)18-8-3-7-17-11-13-4-2-6-16-10-13/h2,4-6,9-10,17H,3,7-8,11H2,1H3,(H,18,19). The summed E-state index contributed by atoms with van der Waals surface area (Å²) in [4.78, 5) is 15.8. The third-order valence-electron chi connectivity index (χ3n) is 2.97. The van der Waals surface area contributed by atoms with Crippen LogP contribution in [0.4, 0.5) is 0 Å². The van der Waals surface area contributed by atoms with Crippen molar-refractivity contribution in [3.63, 3.8) is 0 Å². The molecule has 0 saturated carbocycles. The SMILES string of the molecule is Cc1occc1C(=O)NCCCNCc1cccnc1. The van der Waals surface area contributed by atoms with Crippen molar-refractivity contribution < 1.29 is 9.21 Å². The molecule has 2 heterocycles. The predicted molar refractivity (Wildman–Crippen MR) is 76.3 cm³/mol. The molecule has 0 saturated heterocycles. The van der Waals surface area contributed by atoms with E-state index in [1.807, 2.05) is 18.3 Å². The molecule has 20 heavy (non-hydrogen) atoms. The number of rotatable bonds is 7. The van der Waals surface area contributed by atoms with E-state index in [2.05, 4.69) is 15.6 Å². The highest BCUT2D eigenvalue weighted by atomic mass is 16.3. The molecule has 0 aliphatic carbocycles. The van der Waals surface area contributed by atoms with E-state index in [1.165, 1.54) is 6.26 Å². The van der Waals surface area contributed by atoms with Gasteiger partial charge in [-0.3, -0.25) is 9.78 Å². The molecule has 0 radical (unpaired) electrons. The summed E-state index contributed by atoms with van der Waals surface area (Å²) in [6.07, 6.45) is 6.01. The summed E-state index contributed by atoms with van der Waals surface area (Å²) >= 11 is 0. The van der Waals surface area contributed by atoms with Gasteiger partial charge in [-0.1, -0.05) is 6.07 Å². The van der Waals surface area contributed by atoms with Crippen molar-refractivity contribution >= 4 is 5.91 Å². The van der Waals surface area contributed by atoms with Gasteiger partial charge in [0.25, 0.3) is 5.91 Å². The van der Waals surface area contributed by atoms with E-state index >= 15 is 0 Å². The third kappa shape index (κ3) is 4.20. The van der Waals surface area contributed by atoms with Crippen molar-refractivity contribution in [2.75, 3.05) is 13.1 Å². The highest BCUT2D eigenvalue weighted by Crippen LogP contribution is 2.07.